The van der Waals surface area contributed by atoms with Crippen molar-refractivity contribution in [2.24, 2.45) is 0 Å². The van der Waals surface area contributed by atoms with Crippen LogP contribution in [0.3, 0.4) is 0 Å². The van der Waals surface area contributed by atoms with Gasteiger partial charge < -0.3 is 9.64 Å². The quantitative estimate of drug-likeness (QED) is 0.778. The third-order valence-electron chi connectivity index (χ3n) is 4.00. The first-order chi connectivity index (χ1) is 10.8. The molecule has 2 aromatic carbocycles. The van der Waals surface area contributed by atoms with Gasteiger partial charge in [0, 0.05) is 17.8 Å². The molecular weight excluding hydrogens is 274 g/mol. The van der Waals surface area contributed by atoms with Crippen LogP contribution >= 0.6 is 0 Å². The minimum Gasteiger partial charge on any atom is -0.494 e. The topological polar surface area (TPSA) is 29.5 Å². The molecule has 22 heavy (non-hydrogen) atoms. The molecule has 1 aliphatic rings. The summed E-state index contributed by atoms with van der Waals surface area (Å²) in [6.07, 6.45) is 3.09. The first-order valence-corrected chi connectivity index (χ1v) is 7.92. The fraction of sp³-hybridized carbons (Fsp3) is 0.316. The molecule has 0 bridgehead atoms. The highest BCUT2D eigenvalue weighted by atomic mass is 16.5. The van der Waals surface area contributed by atoms with Crippen LogP contribution in [0.15, 0.2) is 48.5 Å². The van der Waals surface area contributed by atoms with Gasteiger partial charge in [0.15, 0.2) is 0 Å². The van der Waals surface area contributed by atoms with Crippen molar-refractivity contribution < 1.29 is 9.53 Å². The number of fused-ring (bicyclic) bond motifs is 1. The molecule has 0 aliphatic carbocycles. The number of anilines is 1. The molecule has 3 heteroatoms. The summed E-state index contributed by atoms with van der Waals surface area (Å²) in [4.78, 5) is 14.5. The first kappa shape index (κ1) is 14.6. The molecule has 0 radical (unpaired) electrons. The van der Waals surface area contributed by atoms with Crippen molar-refractivity contribution in [2.75, 3.05) is 18.1 Å². The maximum Gasteiger partial charge on any atom is 0.258 e. The minimum absolute atomic E-state index is 0.0602. The number of benzene rings is 2. The summed E-state index contributed by atoms with van der Waals surface area (Å²) in [6, 6.07) is 15.6. The SMILES string of the molecule is CCCCOc1ccc(C(=O)N2CCc3ccccc32)cc1. The van der Waals surface area contributed by atoms with E-state index in [0.717, 1.165) is 43.9 Å². The number of amides is 1. The van der Waals surface area contributed by atoms with Crippen molar-refractivity contribution in [3.8, 4) is 5.75 Å². The van der Waals surface area contributed by atoms with Crippen molar-refractivity contribution in [1.29, 1.82) is 0 Å². The third-order valence-corrected chi connectivity index (χ3v) is 4.00. The van der Waals surface area contributed by atoms with Gasteiger partial charge >= 0.3 is 0 Å². The van der Waals surface area contributed by atoms with Crippen molar-refractivity contribution in [1.82, 2.24) is 0 Å². The lowest BCUT2D eigenvalue weighted by Crippen LogP contribution is -2.28. The van der Waals surface area contributed by atoms with Crippen molar-refractivity contribution >= 4 is 11.6 Å². The molecule has 0 spiro atoms. The van der Waals surface area contributed by atoms with Crippen LogP contribution < -0.4 is 9.64 Å². The summed E-state index contributed by atoms with van der Waals surface area (Å²) in [5, 5.41) is 0. The van der Waals surface area contributed by atoms with Crippen molar-refractivity contribution in [2.45, 2.75) is 26.2 Å². The van der Waals surface area contributed by atoms with Gasteiger partial charge in [-0.1, -0.05) is 31.5 Å². The summed E-state index contributed by atoms with van der Waals surface area (Å²) in [7, 11) is 0. The highest BCUT2D eigenvalue weighted by Gasteiger charge is 2.24. The monoisotopic (exact) mass is 295 g/mol. The molecule has 1 aliphatic heterocycles. The second kappa shape index (κ2) is 6.65. The molecule has 0 saturated carbocycles. The van der Waals surface area contributed by atoms with Crippen LogP contribution in [0.4, 0.5) is 5.69 Å². The van der Waals surface area contributed by atoms with E-state index in [2.05, 4.69) is 13.0 Å². The van der Waals surface area contributed by atoms with E-state index in [-0.39, 0.29) is 5.91 Å². The number of nitrogens with zero attached hydrogens (tertiary/aromatic N) is 1. The molecule has 1 amide bonds. The van der Waals surface area contributed by atoms with Crippen LogP contribution in [0.5, 0.6) is 5.75 Å². The van der Waals surface area contributed by atoms with E-state index < -0.39 is 0 Å². The zero-order chi connectivity index (χ0) is 15.4. The Hall–Kier alpha value is -2.29. The van der Waals surface area contributed by atoms with Gasteiger partial charge in [-0.3, -0.25) is 4.79 Å². The van der Waals surface area contributed by atoms with E-state index in [0.29, 0.717) is 5.56 Å². The van der Waals surface area contributed by atoms with Crippen LogP contribution in [0.1, 0.15) is 35.7 Å². The van der Waals surface area contributed by atoms with E-state index in [1.54, 1.807) is 0 Å². The van der Waals surface area contributed by atoms with Crippen molar-refractivity contribution in [3.63, 3.8) is 0 Å². The maximum absolute atomic E-state index is 12.7. The van der Waals surface area contributed by atoms with Crippen LogP contribution in [-0.2, 0) is 6.42 Å². The Bertz CT molecular complexity index is 649. The Morgan fingerprint density at radius 2 is 1.91 bits per heavy atom. The maximum atomic E-state index is 12.7. The highest BCUT2D eigenvalue weighted by Crippen LogP contribution is 2.29. The van der Waals surface area contributed by atoms with Crippen LogP contribution in [0, 0.1) is 0 Å². The van der Waals surface area contributed by atoms with Crippen LogP contribution in [0.2, 0.25) is 0 Å². The van der Waals surface area contributed by atoms with Crippen LogP contribution in [-0.4, -0.2) is 19.1 Å². The number of hydrogen-bond acceptors (Lipinski definition) is 2. The Morgan fingerprint density at radius 1 is 1.14 bits per heavy atom. The van der Waals surface area contributed by atoms with Gasteiger partial charge in [-0.2, -0.15) is 0 Å². The van der Waals surface area contributed by atoms with Crippen molar-refractivity contribution in [3.05, 3.63) is 59.7 Å². The molecule has 0 aromatic heterocycles. The summed E-state index contributed by atoms with van der Waals surface area (Å²) in [6.45, 7) is 3.62. The van der Waals surface area contributed by atoms with Gasteiger partial charge in [-0.25, -0.2) is 0 Å². The molecule has 0 saturated heterocycles. The van der Waals surface area contributed by atoms with E-state index in [1.165, 1.54) is 5.56 Å². The molecule has 0 N–H and O–H groups in total. The Morgan fingerprint density at radius 3 is 2.68 bits per heavy atom. The Labute approximate surface area is 131 Å². The number of hydrogen-bond donors (Lipinski definition) is 0. The van der Waals surface area contributed by atoms with Crippen LogP contribution in [0.25, 0.3) is 0 Å². The number of carbonyl (C=O) groups is 1. The predicted molar refractivity (Wildman–Crippen MR) is 88.7 cm³/mol. The molecule has 3 rings (SSSR count). The van der Waals surface area contributed by atoms with Gasteiger partial charge in [0.05, 0.1) is 6.61 Å². The molecule has 2 aromatic rings. The number of carbonyl (C=O) groups excluding carboxylic acids is 1. The van der Waals surface area contributed by atoms with E-state index in [9.17, 15) is 4.79 Å². The number of unbranched alkanes of at least 4 members (excludes halogenated alkanes) is 1. The molecular formula is C19H21NO2. The lowest BCUT2D eigenvalue weighted by atomic mass is 10.1. The number of para-hydroxylation sites is 1. The minimum atomic E-state index is 0.0602. The van der Waals surface area contributed by atoms with Gasteiger partial charge in [0.2, 0.25) is 0 Å². The zero-order valence-electron chi connectivity index (χ0n) is 12.9. The molecule has 0 fully saturated rings. The summed E-state index contributed by atoms with van der Waals surface area (Å²) < 4.78 is 5.64. The smallest absolute Gasteiger partial charge is 0.258 e. The molecule has 0 unspecified atom stereocenters. The third kappa shape index (κ3) is 2.98. The summed E-state index contributed by atoms with van der Waals surface area (Å²) in [5.74, 6) is 0.886. The fourth-order valence-electron chi connectivity index (χ4n) is 2.73. The van der Waals surface area contributed by atoms with Gasteiger partial charge in [0.25, 0.3) is 5.91 Å². The lowest BCUT2D eigenvalue weighted by Gasteiger charge is -2.17. The van der Waals surface area contributed by atoms with Gasteiger partial charge in [0.1, 0.15) is 5.75 Å². The average Bonchev–Trinajstić information content (AvgIpc) is 2.99. The fourth-order valence-corrected chi connectivity index (χ4v) is 2.73. The largest absolute Gasteiger partial charge is 0.494 e. The molecule has 3 nitrogen and oxygen atoms in total. The van der Waals surface area contributed by atoms with E-state index in [1.807, 2.05) is 47.4 Å². The predicted octanol–water partition coefficient (Wildman–Crippen LogP) is 4.07. The summed E-state index contributed by atoms with van der Waals surface area (Å²) >= 11 is 0. The second-order valence-electron chi connectivity index (χ2n) is 5.56. The second-order valence-corrected chi connectivity index (χ2v) is 5.56. The molecule has 114 valence electrons. The molecule has 0 atom stereocenters. The summed E-state index contributed by atoms with van der Waals surface area (Å²) in [5.41, 5.74) is 2.99. The Kier molecular flexibility index (Phi) is 4.42. The average molecular weight is 295 g/mol. The van der Waals surface area contributed by atoms with E-state index in [4.69, 9.17) is 4.74 Å². The van der Waals surface area contributed by atoms with E-state index >= 15 is 0 Å². The number of rotatable bonds is 5. The van der Waals surface area contributed by atoms with Gasteiger partial charge in [-0.05, 0) is 48.7 Å². The normalized spacial score (nSPS) is 13.0. The molecule has 1 heterocycles. The lowest BCUT2D eigenvalue weighted by molar-refractivity contribution is 0.0989. The number of ether oxygens (including phenoxy) is 1. The standard InChI is InChI=1S/C19H21NO2/c1-2-3-14-22-17-10-8-16(9-11-17)19(21)20-13-12-15-6-4-5-7-18(15)20/h4-11H,2-3,12-14H2,1H3. The Balaban J connectivity index is 1.71. The van der Waals surface area contributed by atoms with Gasteiger partial charge in [-0.15, -0.1) is 0 Å². The first-order valence-electron chi connectivity index (χ1n) is 7.92. The highest BCUT2D eigenvalue weighted by molar-refractivity contribution is 6.07. The zero-order valence-corrected chi connectivity index (χ0v) is 12.9.